The number of nitrogens with one attached hydrogen (secondary N) is 1. The number of hydrogen-bond acceptors (Lipinski definition) is 8. The highest BCUT2D eigenvalue weighted by molar-refractivity contribution is 7.23. The second-order valence-electron chi connectivity index (χ2n) is 8.11. The van der Waals surface area contributed by atoms with E-state index < -0.39 is 0 Å². The number of carbonyl (C=O) groups is 1. The van der Waals surface area contributed by atoms with Gasteiger partial charge in [0, 0.05) is 33.3 Å². The summed E-state index contributed by atoms with van der Waals surface area (Å²) in [5.74, 6) is 1.47. The number of nitrogens with zero attached hydrogens (tertiary/aromatic N) is 4. The molecular weight excluding hydrogens is 406 g/mol. The number of piperidine rings is 1. The molecule has 2 aromatic rings. The number of anilines is 2. The summed E-state index contributed by atoms with van der Waals surface area (Å²) in [4.78, 5) is 26.1. The van der Waals surface area contributed by atoms with Gasteiger partial charge in [-0.1, -0.05) is 18.3 Å². The summed E-state index contributed by atoms with van der Waals surface area (Å²) in [6, 6.07) is -0.117. The minimum Gasteiger partial charge on any atom is -0.493 e. The number of hydrogen-bond donors (Lipinski definition) is 1. The number of likely N-dealkylation sites (tertiary alicyclic amines) is 1. The zero-order valence-electron chi connectivity index (χ0n) is 17.8. The number of methoxy groups -OCH3 is 2. The molecule has 30 heavy (non-hydrogen) atoms. The number of amides is 2. The third-order valence-electron chi connectivity index (χ3n) is 5.86. The lowest BCUT2D eigenvalue weighted by Crippen LogP contribution is -2.45. The lowest BCUT2D eigenvalue weighted by molar-refractivity contribution is 0.0452. The van der Waals surface area contributed by atoms with Crippen LogP contribution in [0.1, 0.15) is 19.8 Å². The second kappa shape index (κ2) is 8.91. The van der Waals surface area contributed by atoms with Gasteiger partial charge in [0.1, 0.15) is 16.0 Å². The minimum absolute atomic E-state index is 0.117. The van der Waals surface area contributed by atoms with Crippen LogP contribution in [0.25, 0.3) is 10.2 Å². The van der Waals surface area contributed by atoms with E-state index >= 15 is 0 Å². The van der Waals surface area contributed by atoms with Crippen LogP contribution in [0.5, 0.6) is 5.75 Å². The van der Waals surface area contributed by atoms with E-state index in [-0.39, 0.29) is 11.4 Å². The van der Waals surface area contributed by atoms with Gasteiger partial charge >= 0.3 is 6.03 Å². The van der Waals surface area contributed by atoms with Crippen molar-refractivity contribution in [3.8, 4) is 5.75 Å². The van der Waals surface area contributed by atoms with Crippen molar-refractivity contribution >= 4 is 38.5 Å². The molecular formula is C20H29N5O4S. The number of ether oxygens (including phenoxy) is 3. The molecule has 2 aliphatic heterocycles. The van der Waals surface area contributed by atoms with Crippen LogP contribution in [0.2, 0.25) is 0 Å². The topological polar surface area (TPSA) is 89.0 Å². The van der Waals surface area contributed by atoms with E-state index in [2.05, 4.69) is 27.1 Å². The fraction of sp³-hybridized carbons (Fsp3) is 0.650. The molecule has 0 unspecified atom stereocenters. The van der Waals surface area contributed by atoms with Crippen molar-refractivity contribution in [2.75, 3.05) is 70.4 Å². The summed E-state index contributed by atoms with van der Waals surface area (Å²) in [6.07, 6.45) is 3.54. The molecule has 2 aliphatic rings. The molecule has 9 nitrogen and oxygen atoms in total. The highest BCUT2D eigenvalue weighted by Gasteiger charge is 2.32. The third kappa shape index (κ3) is 4.30. The normalized spacial score (nSPS) is 19.2. The van der Waals surface area contributed by atoms with Gasteiger partial charge in [0.25, 0.3) is 0 Å². The van der Waals surface area contributed by atoms with Crippen molar-refractivity contribution in [2.45, 2.75) is 19.8 Å². The van der Waals surface area contributed by atoms with Crippen LogP contribution in [0.4, 0.5) is 15.7 Å². The van der Waals surface area contributed by atoms with Crippen LogP contribution in [-0.2, 0) is 9.47 Å². The molecule has 10 heteroatoms. The predicted molar refractivity (Wildman–Crippen MR) is 117 cm³/mol. The van der Waals surface area contributed by atoms with Crippen LogP contribution in [0.15, 0.2) is 6.20 Å². The van der Waals surface area contributed by atoms with Gasteiger partial charge in [0.05, 0.1) is 33.1 Å². The molecule has 0 radical (unpaired) electrons. The Morgan fingerprint density at radius 3 is 2.67 bits per heavy atom. The van der Waals surface area contributed by atoms with Crippen molar-refractivity contribution in [3.05, 3.63) is 6.20 Å². The van der Waals surface area contributed by atoms with E-state index in [0.717, 1.165) is 48.6 Å². The van der Waals surface area contributed by atoms with Gasteiger partial charge in [-0.05, 0) is 18.3 Å². The van der Waals surface area contributed by atoms with E-state index in [1.54, 1.807) is 20.4 Å². The van der Waals surface area contributed by atoms with Gasteiger partial charge in [0.2, 0.25) is 0 Å². The highest BCUT2D eigenvalue weighted by Crippen LogP contribution is 2.38. The number of morpholine rings is 1. The van der Waals surface area contributed by atoms with E-state index in [1.807, 2.05) is 4.90 Å². The fourth-order valence-corrected chi connectivity index (χ4v) is 4.98. The van der Waals surface area contributed by atoms with Crippen molar-refractivity contribution < 1.29 is 19.0 Å². The van der Waals surface area contributed by atoms with Crippen LogP contribution in [0, 0.1) is 5.41 Å². The minimum atomic E-state index is -0.117. The van der Waals surface area contributed by atoms with Crippen LogP contribution in [0.3, 0.4) is 0 Å². The van der Waals surface area contributed by atoms with E-state index in [9.17, 15) is 4.79 Å². The standard InChI is InChI=1S/C20H29N5O4S/c1-20(13-27-2)4-6-25(7-5-20)19(26)23-18-22-15-14(28-3)12-21-17(16(15)30-18)24-8-10-29-11-9-24/h12H,4-11,13H2,1-3H3,(H,22,23,26). The second-order valence-corrected chi connectivity index (χ2v) is 9.11. The molecule has 1 N–H and O–H groups in total. The third-order valence-corrected chi connectivity index (χ3v) is 6.83. The Kier molecular flexibility index (Phi) is 6.26. The molecule has 0 atom stereocenters. The summed E-state index contributed by atoms with van der Waals surface area (Å²) < 4.78 is 17.2. The van der Waals surface area contributed by atoms with Gasteiger partial charge in [0.15, 0.2) is 10.9 Å². The summed E-state index contributed by atoms with van der Waals surface area (Å²) in [7, 11) is 3.33. The molecule has 2 amide bonds. The number of aromatic nitrogens is 2. The Morgan fingerprint density at radius 1 is 1.27 bits per heavy atom. The Labute approximate surface area is 180 Å². The number of thiazole rings is 1. The molecule has 164 valence electrons. The van der Waals surface area contributed by atoms with Gasteiger partial charge in [-0.25, -0.2) is 14.8 Å². The first-order valence-corrected chi connectivity index (χ1v) is 11.1. The summed E-state index contributed by atoms with van der Waals surface area (Å²) in [5, 5.41) is 3.54. The Balaban J connectivity index is 1.51. The van der Waals surface area contributed by atoms with Crippen molar-refractivity contribution in [2.24, 2.45) is 5.41 Å². The number of pyridine rings is 1. The molecule has 2 fully saturated rings. The lowest BCUT2D eigenvalue weighted by Gasteiger charge is -2.38. The average Bonchev–Trinajstić information content (AvgIpc) is 3.17. The van der Waals surface area contributed by atoms with E-state index in [4.69, 9.17) is 14.2 Å². The number of fused-ring (bicyclic) bond motifs is 1. The fourth-order valence-electron chi connectivity index (χ4n) is 3.99. The Hall–Kier alpha value is -2.17. The highest BCUT2D eigenvalue weighted by atomic mass is 32.1. The number of carbonyl (C=O) groups excluding carboxylic acids is 1. The van der Waals surface area contributed by atoms with Gasteiger partial charge in [-0.3, -0.25) is 5.32 Å². The molecule has 0 saturated carbocycles. The lowest BCUT2D eigenvalue weighted by atomic mass is 9.81. The van der Waals surface area contributed by atoms with Gasteiger partial charge in [-0.15, -0.1) is 0 Å². The van der Waals surface area contributed by atoms with Crippen LogP contribution < -0.4 is 15.0 Å². The zero-order valence-corrected chi connectivity index (χ0v) is 18.6. The first-order valence-electron chi connectivity index (χ1n) is 10.2. The van der Waals surface area contributed by atoms with E-state index in [1.165, 1.54) is 11.3 Å². The monoisotopic (exact) mass is 435 g/mol. The molecule has 2 aromatic heterocycles. The average molecular weight is 436 g/mol. The van der Waals surface area contributed by atoms with Gasteiger partial charge < -0.3 is 24.0 Å². The molecule has 0 spiro atoms. The number of urea groups is 1. The maximum absolute atomic E-state index is 12.8. The van der Waals surface area contributed by atoms with Crippen molar-refractivity contribution in [1.29, 1.82) is 0 Å². The molecule has 4 rings (SSSR count). The maximum Gasteiger partial charge on any atom is 0.323 e. The molecule has 2 saturated heterocycles. The zero-order chi connectivity index (χ0) is 21.1. The van der Waals surface area contributed by atoms with Gasteiger partial charge in [-0.2, -0.15) is 0 Å². The Bertz CT molecular complexity index is 891. The van der Waals surface area contributed by atoms with Crippen molar-refractivity contribution in [3.63, 3.8) is 0 Å². The Morgan fingerprint density at radius 2 is 2.00 bits per heavy atom. The summed E-state index contributed by atoms with van der Waals surface area (Å²) in [5.41, 5.74) is 0.855. The molecule has 0 aliphatic carbocycles. The van der Waals surface area contributed by atoms with E-state index in [0.29, 0.717) is 37.2 Å². The first kappa shape index (κ1) is 21.1. The smallest absolute Gasteiger partial charge is 0.323 e. The largest absolute Gasteiger partial charge is 0.493 e. The van der Waals surface area contributed by atoms with Crippen LogP contribution in [-0.4, -0.2) is 81.1 Å². The SMILES string of the molecule is COCC1(C)CCN(C(=O)Nc2nc3c(OC)cnc(N4CCOCC4)c3s2)CC1. The summed E-state index contributed by atoms with van der Waals surface area (Å²) in [6.45, 7) is 7.26. The quantitative estimate of drug-likeness (QED) is 0.772. The predicted octanol–water partition coefficient (Wildman–Crippen LogP) is 2.82. The summed E-state index contributed by atoms with van der Waals surface area (Å²) >= 11 is 1.43. The number of rotatable bonds is 5. The molecule has 0 aromatic carbocycles. The first-order chi connectivity index (χ1) is 14.5. The maximum atomic E-state index is 12.8. The molecule has 0 bridgehead atoms. The van der Waals surface area contributed by atoms with Crippen molar-refractivity contribution in [1.82, 2.24) is 14.9 Å². The van der Waals surface area contributed by atoms with Crippen LogP contribution >= 0.6 is 11.3 Å². The molecule has 4 heterocycles.